The maximum atomic E-state index is 13.5. The maximum absolute atomic E-state index is 13.5. The summed E-state index contributed by atoms with van der Waals surface area (Å²) in [5.74, 6) is -0.435. The zero-order valence-corrected chi connectivity index (χ0v) is 12.8. The first-order valence-corrected chi connectivity index (χ1v) is 7.27. The van der Waals surface area contributed by atoms with Crippen LogP contribution in [0.3, 0.4) is 0 Å². The highest BCUT2D eigenvalue weighted by molar-refractivity contribution is 5.81. The molecule has 0 aliphatic heterocycles. The molecule has 1 aromatic carbocycles. The molecule has 0 amide bonds. The smallest absolute Gasteiger partial charge is 0.264 e. The molecule has 0 saturated carbocycles. The Kier molecular flexibility index (Phi) is 3.53. The minimum Gasteiger partial charge on any atom is -0.283 e. The van der Waals surface area contributed by atoms with E-state index in [1.165, 1.54) is 12.1 Å². The fraction of sp³-hybridized carbons (Fsp3) is 0.222. The van der Waals surface area contributed by atoms with Crippen LogP contribution in [-0.4, -0.2) is 9.55 Å². The average Bonchev–Trinajstić information content (AvgIpc) is 2.48. The molecular formula is C18H17FN2O. The maximum Gasteiger partial charge on any atom is 0.264 e. The van der Waals surface area contributed by atoms with E-state index in [1.54, 1.807) is 10.8 Å². The van der Waals surface area contributed by atoms with Crippen molar-refractivity contribution < 1.29 is 4.39 Å². The highest BCUT2D eigenvalue weighted by atomic mass is 19.1. The lowest BCUT2D eigenvalue weighted by Gasteiger charge is -2.15. The van der Waals surface area contributed by atoms with Crippen LogP contribution in [0.25, 0.3) is 16.6 Å². The molecule has 4 heteroatoms. The van der Waals surface area contributed by atoms with E-state index >= 15 is 0 Å². The molecule has 0 aliphatic rings. The highest BCUT2D eigenvalue weighted by Gasteiger charge is 2.15. The number of pyridine rings is 2. The van der Waals surface area contributed by atoms with Crippen molar-refractivity contribution in [3.63, 3.8) is 0 Å². The normalized spacial score (nSPS) is 11.3. The number of halogens is 1. The average molecular weight is 296 g/mol. The molecule has 3 nitrogen and oxygen atoms in total. The number of fused-ring (bicyclic) bond motifs is 1. The van der Waals surface area contributed by atoms with Crippen LogP contribution >= 0.6 is 0 Å². The van der Waals surface area contributed by atoms with Crippen LogP contribution in [0.1, 0.15) is 30.9 Å². The Bertz CT molecular complexity index is 913. The third-order valence-corrected chi connectivity index (χ3v) is 3.85. The molecular weight excluding hydrogens is 279 g/mol. The molecule has 0 aliphatic carbocycles. The van der Waals surface area contributed by atoms with Crippen molar-refractivity contribution in [1.29, 1.82) is 0 Å². The van der Waals surface area contributed by atoms with Gasteiger partial charge in [0.1, 0.15) is 0 Å². The molecule has 0 spiro atoms. The second-order valence-electron chi connectivity index (χ2n) is 5.73. The first-order chi connectivity index (χ1) is 10.5. The Hall–Kier alpha value is -2.49. The van der Waals surface area contributed by atoms with Crippen LogP contribution in [0.4, 0.5) is 4.39 Å². The van der Waals surface area contributed by atoms with E-state index in [0.29, 0.717) is 10.9 Å². The van der Waals surface area contributed by atoms with Crippen molar-refractivity contribution in [3.05, 3.63) is 70.0 Å². The van der Waals surface area contributed by atoms with Gasteiger partial charge in [0.15, 0.2) is 0 Å². The largest absolute Gasteiger partial charge is 0.283 e. The van der Waals surface area contributed by atoms with E-state index in [-0.39, 0.29) is 11.5 Å². The first kappa shape index (κ1) is 14.4. The molecule has 0 fully saturated rings. The minimum absolute atomic E-state index is 0.132. The van der Waals surface area contributed by atoms with Gasteiger partial charge in [-0.15, -0.1) is 0 Å². The summed E-state index contributed by atoms with van der Waals surface area (Å²) >= 11 is 0. The second-order valence-corrected chi connectivity index (χ2v) is 5.73. The molecule has 3 aromatic rings. The number of rotatable bonds is 2. The predicted molar refractivity (Wildman–Crippen MR) is 86.1 cm³/mol. The molecule has 3 rings (SSSR count). The van der Waals surface area contributed by atoms with Gasteiger partial charge in [-0.3, -0.25) is 9.36 Å². The Labute approximate surface area is 128 Å². The highest BCUT2D eigenvalue weighted by Crippen LogP contribution is 2.23. The van der Waals surface area contributed by atoms with E-state index in [0.717, 1.165) is 16.8 Å². The SMILES string of the molecule is Cc1ccccc1-n1cc(C(C)C)c2nc(F)ccc2c1=O. The van der Waals surface area contributed by atoms with Gasteiger partial charge < -0.3 is 0 Å². The van der Waals surface area contributed by atoms with Crippen LogP contribution in [-0.2, 0) is 0 Å². The van der Waals surface area contributed by atoms with Crippen LogP contribution in [0, 0.1) is 12.9 Å². The number of nitrogens with zero attached hydrogens (tertiary/aromatic N) is 2. The van der Waals surface area contributed by atoms with E-state index < -0.39 is 5.95 Å². The number of benzene rings is 1. The summed E-state index contributed by atoms with van der Waals surface area (Å²) in [6, 6.07) is 10.5. The quantitative estimate of drug-likeness (QED) is 0.671. The molecule has 0 bridgehead atoms. The number of hydrogen-bond donors (Lipinski definition) is 0. The predicted octanol–water partition coefficient (Wildman–Crippen LogP) is 3.96. The Balaban J connectivity index is 2.43. The van der Waals surface area contributed by atoms with Crippen LogP contribution in [0.15, 0.2) is 47.4 Å². The van der Waals surface area contributed by atoms with Crippen molar-refractivity contribution in [2.45, 2.75) is 26.7 Å². The van der Waals surface area contributed by atoms with Gasteiger partial charge in [0.2, 0.25) is 5.95 Å². The van der Waals surface area contributed by atoms with Crippen molar-refractivity contribution in [2.75, 3.05) is 0 Å². The van der Waals surface area contributed by atoms with Gasteiger partial charge in [-0.05, 0) is 42.2 Å². The summed E-state index contributed by atoms with van der Waals surface area (Å²) in [4.78, 5) is 16.7. The molecule has 2 aromatic heterocycles. The summed E-state index contributed by atoms with van der Waals surface area (Å²) < 4.78 is 15.1. The van der Waals surface area contributed by atoms with Crippen molar-refractivity contribution in [3.8, 4) is 5.69 Å². The summed E-state index contributed by atoms with van der Waals surface area (Å²) in [5.41, 5.74) is 2.97. The summed E-state index contributed by atoms with van der Waals surface area (Å²) in [7, 11) is 0. The van der Waals surface area contributed by atoms with Gasteiger partial charge >= 0.3 is 0 Å². The number of aryl methyl sites for hydroxylation is 1. The Morgan fingerprint density at radius 2 is 1.86 bits per heavy atom. The van der Waals surface area contributed by atoms with E-state index in [4.69, 9.17) is 0 Å². The van der Waals surface area contributed by atoms with Crippen molar-refractivity contribution >= 4 is 10.9 Å². The molecule has 112 valence electrons. The first-order valence-electron chi connectivity index (χ1n) is 7.27. The monoisotopic (exact) mass is 296 g/mol. The van der Waals surface area contributed by atoms with Crippen molar-refractivity contribution in [2.24, 2.45) is 0 Å². The van der Waals surface area contributed by atoms with Gasteiger partial charge in [0.05, 0.1) is 16.6 Å². The molecule has 2 heterocycles. The fourth-order valence-corrected chi connectivity index (χ4v) is 2.65. The molecule has 0 unspecified atom stereocenters. The van der Waals surface area contributed by atoms with Crippen LogP contribution < -0.4 is 5.56 Å². The Morgan fingerprint density at radius 1 is 1.14 bits per heavy atom. The van der Waals surface area contributed by atoms with Crippen molar-refractivity contribution in [1.82, 2.24) is 9.55 Å². The lowest BCUT2D eigenvalue weighted by atomic mass is 10.0. The summed E-state index contributed by atoms with van der Waals surface area (Å²) in [6.45, 7) is 5.98. The Morgan fingerprint density at radius 3 is 2.55 bits per heavy atom. The number of aromatic nitrogens is 2. The molecule has 0 N–H and O–H groups in total. The molecule has 0 atom stereocenters. The van der Waals surface area contributed by atoms with Crippen LogP contribution in [0.5, 0.6) is 0 Å². The zero-order chi connectivity index (χ0) is 15.9. The molecule has 0 saturated heterocycles. The third kappa shape index (κ3) is 2.30. The zero-order valence-electron chi connectivity index (χ0n) is 12.8. The van der Waals surface area contributed by atoms with Gasteiger partial charge in [0, 0.05) is 6.20 Å². The van der Waals surface area contributed by atoms with Gasteiger partial charge in [0.25, 0.3) is 5.56 Å². The molecule has 22 heavy (non-hydrogen) atoms. The van der Waals surface area contributed by atoms with Gasteiger partial charge in [-0.2, -0.15) is 4.39 Å². The number of para-hydroxylation sites is 1. The van der Waals surface area contributed by atoms with Gasteiger partial charge in [-0.1, -0.05) is 32.0 Å². The second kappa shape index (κ2) is 5.37. The standard InChI is InChI=1S/C18H17FN2O/c1-11(2)14-10-21(15-7-5-4-6-12(15)3)18(22)13-8-9-16(19)20-17(13)14/h4-11H,1-3H3. The topological polar surface area (TPSA) is 34.9 Å². The number of hydrogen-bond acceptors (Lipinski definition) is 2. The lowest BCUT2D eigenvalue weighted by Crippen LogP contribution is -2.21. The van der Waals surface area contributed by atoms with Gasteiger partial charge in [-0.25, -0.2) is 4.98 Å². The van der Waals surface area contributed by atoms with E-state index in [9.17, 15) is 9.18 Å². The third-order valence-electron chi connectivity index (χ3n) is 3.85. The van der Waals surface area contributed by atoms with E-state index in [2.05, 4.69) is 4.98 Å². The van der Waals surface area contributed by atoms with Crippen LogP contribution in [0.2, 0.25) is 0 Å². The molecule has 0 radical (unpaired) electrons. The fourth-order valence-electron chi connectivity index (χ4n) is 2.65. The lowest BCUT2D eigenvalue weighted by molar-refractivity contribution is 0.588. The summed E-state index contributed by atoms with van der Waals surface area (Å²) in [6.07, 6.45) is 1.78. The summed E-state index contributed by atoms with van der Waals surface area (Å²) in [5, 5.41) is 0.441. The minimum atomic E-state index is -0.567. The van der Waals surface area contributed by atoms with E-state index in [1.807, 2.05) is 45.0 Å².